The Hall–Kier alpha value is -1.51. The predicted molar refractivity (Wildman–Crippen MR) is 71.5 cm³/mol. The molecule has 2 nitrogen and oxygen atoms in total. The summed E-state index contributed by atoms with van der Waals surface area (Å²) < 4.78 is 0. The Bertz CT molecular complexity index is 689. The summed E-state index contributed by atoms with van der Waals surface area (Å²) in [4.78, 5) is 7.49. The molecule has 0 aliphatic rings. The number of hydrogen-bond acceptors (Lipinski definition) is 1. The highest BCUT2D eigenvalue weighted by molar-refractivity contribution is 6.36. The molecule has 0 amide bonds. The van der Waals surface area contributed by atoms with E-state index < -0.39 is 0 Å². The van der Waals surface area contributed by atoms with E-state index in [1.807, 2.05) is 36.7 Å². The lowest BCUT2D eigenvalue weighted by Gasteiger charge is -2.04. The molecule has 3 rings (SSSR count). The summed E-state index contributed by atoms with van der Waals surface area (Å²) in [6.45, 7) is 0. The minimum atomic E-state index is 0.630. The first kappa shape index (κ1) is 10.6. The van der Waals surface area contributed by atoms with Gasteiger partial charge in [-0.3, -0.25) is 4.98 Å². The average molecular weight is 263 g/mol. The number of hydrogen-bond donors (Lipinski definition) is 1. The Morgan fingerprint density at radius 1 is 1.06 bits per heavy atom. The number of benzene rings is 1. The fourth-order valence-electron chi connectivity index (χ4n) is 1.81. The van der Waals surface area contributed by atoms with Crippen LogP contribution in [0.25, 0.3) is 22.2 Å². The van der Waals surface area contributed by atoms with Crippen molar-refractivity contribution in [3.8, 4) is 11.1 Å². The Morgan fingerprint density at radius 2 is 1.94 bits per heavy atom. The smallest absolute Gasteiger partial charge is 0.0879 e. The van der Waals surface area contributed by atoms with Gasteiger partial charge in [-0.05, 0) is 24.3 Å². The highest BCUT2D eigenvalue weighted by Crippen LogP contribution is 2.30. The van der Waals surface area contributed by atoms with Crippen molar-refractivity contribution in [1.29, 1.82) is 0 Å². The van der Waals surface area contributed by atoms with E-state index in [-0.39, 0.29) is 0 Å². The summed E-state index contributed by atoms with van der Waals surface area (Å²) in [6, 6.07) is 9.41. The molecule has 0 spiro atoms. The van der Waals surface area contributed by atoms with E-state index in [0.29, 0.717) is 10.0 Å². The lowest BCUT2D eigenvalue weighted by atomic mass is 10.1. The van der Waals surface area contributed by atoms with Crippen LogP contribution < -0.4 is 0 Å². The molecule has 0 saturated carbocycles. The van der Waals surface area contributed by atoms with E-state index in [4.69, 9.17) is 23.2 Å². The molecule has 17 heavy (non-hydrogen) atoms. The van der Waals surface area contributed by atoms with E-state index in [2.05, 4.69) is 9.97 Å². The molecular weight excluding hydrogens is 255 g/mol. The number of halogens is 2. The van der Waals surface area contributed by atoms with Crippen molar-refractivity contribution in [2.45, 2.75) is 0 Å². The summed E-state index contributed by atoms with van der Waals surface area (Å²) in [5.74, 6) is 0. The molecule has 1 N–H and O–H groups in total. The number of H-pyrrole nitrogens is 1. The minimum absolute atomic E-state index is 0.630. The summed E-state index contributed by atoms with van der Waals surface area (Å²) in [5, 5.41) is 1.26. The van der Waals surface area contributed by atoms with Gasteiger partial charge in [0.2, 0.25) is 0 Å². The topological polar surface area (TPSA) is 28.7 Å². The zero-order valence-electron chi connectivity index (χ0n) is 8.74. The molecule has 1 aromatic carbocycles. The van der Waals surface area contributed by atoms with E-state index in [9.17, 15) is 0 Å². The van der Waals surface area contributed by atoms with Gasteiger partial charge in [0.05, 0.1) is 11.0 Å². The summed E-state index contributed by atoms with van der Waals surface area (Å²) >= 11 is 12.0. The highest BCUT2D eigenvalue weighted by atomic mass is 35.5. The molecule has 0 fully saturated rings. The van der Waals surface area contributed by atoms with E-state index in [1.165, 1.54) is 0 Å². The van der Waals surface area contributed by atoms with Crippen molar-refractivity contribution in [2.75, 3.05) is 0 Å². The molecule has 0 radical (unpaired) electrons. The van der Waals surface area contributed by atoms with Crippen molar-refractivity contribution < 1.29 is 0 Å². The first-order chi connectivity index (χ1) is 8.24. The molecule has 4 heteroatoms. The van der Waals surface area contributed by atoms with Gasteiger partial charge < -0.3 is 4.98 Å². The lowest BCUT2D eigenvalue weighted by molar-refractivity contribution is 1.40. The van der Waals surface area contributed by atoms with Crippen LogP contribution in [-0.4, -0.2) is 9.97 Å². The number of pyridine rings is 1. The van der Waals surface area contributed by atoms with Crippen LogP contribution in [0.2, 0.25) is 10.0 Å². The van der Waals surface area contributed by atoms with Crippen molar-refractivity contribution in [2.24, 2.45) is 0 Å². The van der Waals surface area contributed by atoms with Crippen molar-refractivity contribution in [3.05, 3.63) is 52.8 Å². The number of fused-ring (bicyclic) bond motifs is 1. The van der Waals surface area contributed by atoms with Crippen molar-refractivity contribution in [3.63, 3.8) is 0 Å². The van der Waals surface area contributed by atoms with Crippen LogP contribution >= 0.6 is 23.2 Å². The second kappa shape index (κ2) is 4.06. The van der Waals surface area contributed by atoms with Gasteiger partial charge in [0.1, 0.15) is 0 Å². The van der Waals surface area contributed by atoms with Gasteiger partial charge in [0, 0.05) is 33.6 Å². The third-order valence-electron chi connectivity index (χ3n) is 2.64. The van der Waals surface area contributed by atoms with Gasteiger partial charge in [0.15, 0.2) is 0 Å². The molecule has 2 heterocycles. The fourth-order valence-corrected chi connectivity index (χ4v) is 2.32. The van der Waals surface area contributed by atoms with Crippen LogP contribution in [-0.2, 0) is 0 Å². The first-order valence-corrected chi connectivity index (χ1v) is 5.88. The van der Waals surface area contributed by atoms with Crippen LogP contribution in [0.1, 0.15) is 0 Å². The maximum atomic E-state index is 6.17. The zero-order chi connectivity index (χ0) is 11.8. The van der Waals surface area contributed by atoms with Gasteiger partial charge in [-0.2, -0.15) is 0 Å². The molecule has 0 saturated heterocycles. The van der Waals surface area contributed by atoms with Crippen molar-refractivity contribution in [1.82, 2.24) is 9.97 Å². The summed E-state index contributed by atoms with van der Waals surface area (Å²) in [5.41, 5.74) is 3.84. The van der Waals surface area contributed by atoms with Crippen molar-refractivity contribution >= 4 is 34.2 Å². The van der Waals surface area contributed by atoms with Crippen LogP contribution in [0.4, 0.5) is 0 Å². The average Bonchev–Trinajstić information content (AvgIpc) is 2.75. The third kappa shape index (κ3) is 1.90. The predicted octanol–water partition coefficient (Wildman–Crippen LogP) is 4.54. The largest absolute Gasteiger partial charge is 0.360 e. The van der Waals surface area contributed by atoms with Crippen LogP contribution in [0.3, 0.4) is 0 Å². The molecule has 0 aliphatic carbocycles. The van der Waals surface area contributed by atoms with Gasteiger partial charge in [-0.1, -0.05) is 29.3 Å². The second-order valence-corrected chi connectivity index (χ2v) is 4.60. The minimum Gasteiger partial charge on any atom is -0.360 e. The van der Waals surface area contributed by atoms with E-state index in [1.54, 1.807) is 6.07 Å². The maximum absolute atomic E-state index is 6.17. The lowest BCUT2D eigenvalue weighted by Crippen LogP contribution is -1.82. The monoisotopic (exact) mass is 262 g/mol. The molecule has 0 bridgehead atoms. The summed E-state index contributed by atoms with van der Waals surface area (Å²) in [6.07, 6.45) is 3.68. The summed E-state index contributed by atoms with van der Waals surface area (Å²) in [7, 11) is 0. The molecule has 0 unspecified atom stereocenters. The quantitative estimate of drug-likeness (QED) is 0.686. The Labute approximate surface area is 108 Å². The van der Waals surface area contributed by atoms with E-state index in [0.717, 1.165) is 22.2 Å². The molecule has 0 aliphatic heterocycles. The standard InChI is InChI=1S/C13H8Cl2N2/c14-9-1-2-10(11(15)6-9)8-5-13-12(17-7-8)3-4-16-13/h1-7,16H. The van der Waals surface area contributed by atoms with E-state index >= 15 is 0 Å². The SMILES string of the molecule is Clc1ccc(-c2cnc3cc[nH]c3c2)c(Cl)c1. The van der Waals surface area contributed by atoms with Crippen LogP contribution in [0.5, 0.6) is 0 Å². The first-order valence-electron chi connectivity index (χ1n) is 5.12. The molecular formula is C13H8Cl2N2. The van der Waals surface area contributed by atoms with Crippen LogP contribution in [0.15, 0.2) is 42.7 Å². The molecule has 84 valence electrons. The van der Waals surface area contributed by atoms with Crippen LogP contribution in [0, 0.1) is 0 Å². The number of aromatic amines is 1. The third-order valence-corrected chi connectivity index (χ3v) is 3.19. The molecule has 0 atom stereocenters. The number of nitrogens with one attached hydrogen (secondary N) is 1. The molecule has 2 aromatic heterocycles. The Balaban J connectivity index is 2.19. The number of nitrogens with zero attached hydrogens (tertiary/aromatic N) is 1. The van der Waals surface area contributed by atoms with Gasteiger partial charge in [0.25, 0.3) is 0 Å². The maximum Gasteiger partial charge on any atom is 0.0879 e. The number of rotatable bonds is 1. The number of aromatic nitrogens is 2. The zero-order valence-corrected chi connectivity index (χ0v) is 10.3. The molecule has 3 aromatic rings. The van der Waals surface area contributed by atoms with Gasteiger partial charge in [-0.25, -0.2) is 0 Å². The second-order valence-electron chi connectivity index (χ2n) is 3.76. The highest BCUT2D eigenvalue weighted by Gasteiger charge is 2.06. The normalized spacial score (nSPS) is 10.9. The van der Waals surface area contributed by atoms with Gasteiger partial charge in [-0.15, -0.1) is 0 Å². The Morgan fingerprint density at radius 3 is 2.76 bits per heavy atom. The van der Waals surface area contributed by atoms with Gasteiger partial charge >= 0.3 is 0 Å². The fraction of sp³-hybridized carbons (Fsp3) is 0. The Kier molecular flexibility index (Phi) is 2.54.